The van der Waals surface area contributed by atoms with Crippen LogP contribution in [0.1, 0.15) is 6.92 Å². The molecule has 0 aliphatic carbocycles. The third-order valence-corrected chi connectivity index (χ3v) is 3.45. The summed E-state index contributed by atoms with van der Waals surface area (Å²) < 4.78 is 5.49. The summed E-state index contributed by atoms with van der Waals surface area (Å²) in [5.41, 5.74) is 7.46. The lowest BCUT2D eigenvalue weighted by Crippen LogP contribution is -2.41. The van der Waals surface area contributed by atoms with Crippen LogP contribution in [0.3, 0.4) is 0 Å². The number of oxazole rings is 1. The van der Waals surface area contributed by atoms with Crippen LogP contribution in [0.4, 0.5) is 10.5 Å². The van der Waals surface area contributed by atoms with Crippen LogP contribution in [0, 0.1) is 0 Å². The van der Waals surface area contributed by atoms with Gasteiger partial charge in [0.2, 0.25) is 5.91 Å². The molecule has 1 unspecified atom stereocenters. The highest BCUT2D eigenvalue weighted by Crippen LogP contribution is 2.27. The van der Waals surface area contributed by atoms with Gasteiger partial charge in [-0.05, 0) is 19.1 Å². The summed E-state index contributed by atoms with van der Waals surface area (Å²) in [6.45, 7) is 1.66. The molecule has 8 heteroatoms. The SMILES string of the molecule is CNC(=O)NC(=O)C(C)Sc1nc2ccc(N)cc2o1. The Bertz CT molecular complexity index is 655. The Morgan fingerprint density at radius 1 is 1.45 bits per heavy atom. The van der Waals surface area contributed by atoms with Crippen molar-refractivity contribution in [1.29, 1.82) is 0 Å². The smallest absolute Gasteiger partial charge is 0.321 e. The average Bonchev–Trinajstić information content (AvgIpc) is 2.79. The maximum atomic E-state index is 11.7. The zero-order valence-corrected chi connectivity index (χ0v) is 11.8. The minimum absolute atomic E-state index is 0.352. The van der Waals surface area contributed by atoms with Crippen LogP contribution in [0.2, 0.25) is 0 Å². The fourth-order valence-corrected chi connectivity index (χ4v) is 2.21. The van der Waals surface area contributed by atoms with Crippen molar-refractivity contribution in [2.75, 3.05) is 12.8 Å². The second kappa shape index (κ2) is 5.83. The second-order valence-corrected chi connectivity index (χ2v) is 5.33. The van der Waals surface area contributed by atoms with Crippen molar-refractivity contribution in [3.05, 3.63) is 18.2 Å². The van der Waals surface area contributed by atoms with E-state index < -0.39 is 17.2 Å². The van der Waals surface area contributed by atoms with Crippen LogP contribution >= 0.6 is 11.8 Å². The molecule has 3 amide bonds. The van der Waals surface area contributed by atoms with E-state index in [2.05, 4.69) is 15.6 Å². The monoisotopic (exact) mass is 294 g/mol. The molecule has 0 radical (unpaired) electrons. The first-order valence-corrected chi connectivity index (χ1v) is 6.73. The van der Waals surface area contributed by atoms with Gasteiger partial charge in [-0.2, -0.15) is 0 Å². The third-order valence-electron chi connectivity index (χ3n) is 2.50. The Balaban J connectivity index is 2.07. The fraction of sp³-hybridized carbons (Fsp3) is 0.250. The van der Waals surface area contributed by atoms with Gasteiger partial charge in [-0.3, -0.25) is 10.1 Å². The third kappa shape index (κ3) is 3.21. The Morgan fingerprint density at radius 3 is 2.90 bits per heavy atom. The zero-order chi connectivity index (χ0) is 14.7. The number of anilines is 1. The molecule has 0 aliphatic rings. The lowest BCUT2D eigenvalue weighted by molar-refractivity contribution is -0.119. The van der Waals surface area contributed by atoms with Crippen LogP contribution in [0.25, 0.3) is 11.1 Å². The van der Waals surface area contributed by atoms with E-state index in [1.165, 1.54) is 7.05 Å². The molecular weight excluding hydrogens is 280 g/mol. The summed E-state index contributed by atoms with van der Waals surface area (Å²) >= 11 is 1.13. The molecule has 20 heavy (non-hydrogen) atoms. The van der Waals surface area contributed by atoms with Gasteiger partial charge in [-0.25, -0.2) is 9.78 Å². The predicted octanol–water partition coefficient (Wildman–Crippen LogP) is 1.35. The van der Waals surface area contributed by atoms with Crippen LogP contribution < -0.4 is 16.4 Å². The van der Waals surface area contributed by atoms with Crippen molar-refractivity contribution in [1.82, 2.24) is 15.6 Å². The van der Waals surface area contributed by atoms with E-state index in [-0.39, 0.29) is 0 Å². The number of rotatable bonds is 3. The molecule has 2 rings (SSSR count). The predicted molar refractivity (Wildman–Crippen MR) is 76.3 cm³/mol. The fourth-order valence-electron chi connectivity index (χ4n) is 1.45. The van der Waals surface area contributed by atoms with E-state index in [4.69, 9.17) is 10.2 Å². The van der Waals surface area contributed by atoms with E-state index in [0.717, 1.165) is 11.8 Å². The number of hydrogen-bond donors (Lipinski definition) is 3. The normalized spacial score (nSPS) is 12.1. The standard InChI is InChI=1S/C12H14N4O3S/c1-6(10(17)16-11(18)14-2)20-12-15-8-4-3-7(13)5-9(8)19-12/h3-6H,13H2,1-2H3,(H2,14,16,17,18). The molecule has 4 N–H and O–H groups in total. The molecule has 2 aromatic rings. The van der Waals surface area contributed by atoms with E-state index in [1.54, 1.807) is 25.1 Å². The summed E-state index contributed by atoms with van der Waals surface area (Å²) in [6, 6.07) is 4.59. The van der Waals surface area contributed by atoms with E-state index in [9.17, 15) is 9.59 Å². The van der Waals surface area contributed by atoms with Gasteiger partial charge in [0.1, 0.15) is 5.52 Å². The van der Waals surface area contributed by atoms with Crippen LogP contribution in [0.15, 0.2) is 27.8 Å². The zero-order valence-electron chi connectivity index (χ0n) is 11.0. The second-order valence-electron chi connectivity index (χ2n) is 4.04. The molecule has 0 saturated heterocycles. The quantitative estimate of drug-likeness (QED) is 0.582. The first-order chi connectivity index (χ1) is 9.49. The summed E-state index contributed by atoms with van der Waals surface area (Å²) in [4.78, 5) is 27.0. The molecule has 106 valence electrons. The lowest BCUT2D eigenvalue weighted by Gasteiger charge is -2.08. The molecular formula is C12H14N4O3S. The van der Waals surface area contributed by atoms with Gasteiger partial charge in [0.15, 0.2) is 5.58 Å². The number of fused-ring (bicyclic) bond motifs is 1. The van der Waals surface area contributed by atoms with Crippen molar-refractivity contribution in [3.63, 3.8) is 0 Å². The Kier molecular flexibility index (Phi) is 4.14. The lowest BCUT2D eigenvalue weighted by atomic mass is 10.3. The number of thioether (sulfide) groups is 1. The number of amides is 3. The van der Waals surface area contributed by atoms with Gasteiger partial charge < -0.3 is 15.5 Å². The summed E-state index contributed by atoms with van der Waals surface area (Å²) in [7, 11) is 1.44. The van der Waals surface area contributed by atoms with Crippen LogP contribution in [-0.2, 0) is 4.79 Å². The Morgan fingerprint density at radius 2 is 2.20 bits per heavy atom. The topological polar surface area (TPSA) is 110 Å². The molecule has 0 aliphatic heterocycles. The molecule has 0 fully saturated rings. The van der Waals surface area contributed by atoms with Crippen LogP contribution in [0.5, 0.6) is 0 Å². The van der Waals surface area contributed by atoms with Crippen molar-refractivity contribution in [3.8, 4) is 0 Å². The summed E-state index contributed by atoms with van der Waals surface area (Å²) in [5.74, 6) is -0.420. The largest absolute Gasteiger partial charge is 0.431 e. The number of benzene rings is 1. The van der Waals surface area contributed by atoms with Gasteiger partial charge in [-0.1, -0.05) is 11.8 Å². The molecule has 0 spiro atoms. The van der Waals surface area contributed by atoms with Crippen LogP contribution in [-0.4, -0.2) is 29.2 Å². The van der Waals surface area contributed by atoms with Gasteiger partial charge in [-0.15, -0.1) is 0 Å². The number of carbonyl (C=O) groups excluding carboxylic acids is 2. The van der Waals surface area contributed by atoms with Gasteiger partial charge in [0, 0.05) is 18.8 Å². The van der Waals surface area contributed by atoms with Crippen molar-refractivity contribution in [2.45, 2.75) is 17.4 Å². The molecule has 1 aromatic heterocycles. The summed E-state index contributed by atoms with van der Waals surface area (Å²) in [6.07, 6.45) is 0. The highest BCUT2D eigenvalue weighted by atomic mass is 32.2. The molecule has 0 bridgehead atoms. The van der Waals surface area contributed by atoms with Gasteiger partial charge in [0.25, 0.3) is 5.22 Å². The average molecular weight is 294 g/mol. The number of nitrogens with two attached hydrogens (primary N) is 1. The van der Waals surface area contributed by atoms with Gasteiger partial charge >= 0.3 is 6.03 Å². The first-order valence-electron chi connectivity index (χ1n) is 5.85. The number of nitrogens with zero attached hydrogens (tertiary/aromatic N) is 1. The van der Waals surface area contributed by atoms with Crippen molar-refractivity contribution < 1.29 is 14.0 Å². The number of nitrogens with one attached hydrogen (secondary N) is 2. The number of urea groups is 1. The number of nitrogen functional groups attached to an aromatic ring is 1. The Labute approximate surface area is 119 Å². The number of imide groups is 1. The highest BCUT2D eigenvalue weighted by molar-refractivity contribution is 8.00. The van der Waals surface area contributed by atoms with E-state index >= 15 is 0 Å². The van der Waals surface area contributed by atoms with Crippen molar-refractivity contribution in [2.24, 2.45) is 0 Å². The molecule has 0 saturated carbocycles. The maximum Gasteiger partial charge on any atom is 0.321 e. The van der Waals surface area contributed by atoms with Crippen molar-refractivity contribution >= 4 is 40.5 Å². The number of hydrogen-bond acceptors (Lipinski definition) is 6. The number of carbonyl (C=O) groups is 2. The minimum Gasteiger partial charge on any atom is -0.431 e. The van der Waals surface area contributed by atoms with Gasteiger partial charge in [0.05, 0.1) is 5.25 Å². The molecule has 1 heterocycles. The maximum absolute atomic E-state index is 11.7. The highest BCUT2D eigenvalue weighted by Gasteiger charge is 2.19. The molecule has 1 atom stereocenters. The Hall–Kier alpha value is -2.22. The molecule has 1 aromatic carbocycles. The van der Waals surface area contributed by atoms with E-state index in [0.29, 0.717) is 22.0 Å². The molecule has 7 nitrogen and oxygen atoms in total. The minimum atomic E-state index is -0.548. The summed E-state index contributed by atoms with van der Waals surface area (Å²) in [5, 5.41) is 4.34. The number of aromatic nitrogens is 1. The first kappa shape index (κ1) is 14.2. The van der Waals surface area contributed by atoms with E-state index in [1.807, 2.05) is 0 Å².